The number of hydrogen-bond acceptors (Lipinski definition) is 2. The molecule has 0 amide bonds. The molecule has 0 bridgehead atoms. The lowest BCUT2D eigenvalue weighted by atomic mass is 10.1. The van der Waals surface area contributed by atoms with Gasteiger partial charge in [-0.1, -0.05) is 6.92 Å². The van der Waals surface area contributed by atoms with Crippen LogP contribution in [0.15, 0.2) is 4.99 Å². The summed E-state index contributed by atoms with van der Waals surface area (Å²) in [5.74, 6) is 1.71. The lowest BCUT2D eigenvalue weighted by molar-refractivity contribution is 0.629. The summed E-state index contributed by atoms with van der Waals surface area (Å²) in [6, 6.07) is 0.926. The van der Waals surface area contributed by atoms with Crippen molar-refractivity contribution in [3.8, 4) is 0 Å². The summed E-state index contributed by atoms with van der Waals surface area (Å²) in [7, 11) is 2.00. The van der Waals surface area contributed by atoms with Gasteiger partial charge in [-0.05, 0) is 52.0 Å². The molecule has 1 heterocycles. The van der Waals surface area contributed by atoms with Crippen molar-refractivity contribution in [2.75, 3.05) is 6.54 Å². The van der Waals surface area contributed by atoms with Gasteiger partial charge in [0.05, 0.1) is 5.69 Å². The molecule has 2 N–H and O–H groups in total. The smallest absolute Gasteiger partial charge is 0.191 e. The molecule has 3 atom stereocenters. The third-order valence-corrected chi connectivity index (χ3v) is 4.30. The molecule has 0 spiro atoms. The van der Waals surface area contributed by atoms with Crippen molar-refractivity contribution in [1.82, 2.24) is 20.4 Å². The molecule has 1 aromatic rings. The summed E-state index contributed by atoms with van der Waals surface area (Å²) >= 11 is 0. The van der Waals surface area contributed by atoms with E-state index in [9.17, 15) is 0 Å². The minimum Gasteiger partial charge on any atom is -0.354 e. The molecule has 126 valence electrons. The van der Waals surface area contributed by atoms with E-state index in [4.69, 9.17) is 0 Å². The molecular formula is C16H30IN5. The van der Waals surface area contributed by atoms with Gasteiger partial charge in [-0.3, -0.25) is 9.67 Å². The maximum Gasteiger partial charge on any atom is 0.191 e. The lowest BCUT2D eigenvalue weighted by Gasteiger charge is -2.18. The van der Waals surface area contributed by atoms with E-state index in [1.807, 2.05) is 11.7 Å². The van der Waals surface area contributed by atoms with Gasteiger partial charge in [0, 0.05) is 31.4 Å². The molecular weight excluding hydrogens is 389 g/mol. The van der Waals surface area contributed by atoms with Crippen LogP contribution in [-0.4, -0.2) is 34.4 Å². The predicted molar refractivity (Wildman–Crippen MR) is 103 cm³/mol. The molecule has 0 aliphatic heterocycles. The standard InChI is InChI=1S/C16H29N5.HI/c1-7-17-16(19-15-8-10(15)2)18-11(3)9-14-12(4)20-21(6)13(14)5;/h10-11,15H,7-9H2,1-6H3,(H2,17,18,19);1H. The predicted octanol–water partition coefficient (Wildman–Crippen LogP) is 2.55. The first kappa shape index (κ1) is 19.3. The first-order valence-corrected chi connectivity index (χ1v) is 7.99. The van der Waals surface area contributed by atoms with Crippen molar-refractivity contribution < 1.29 is 0 Å². The average Bonchev–Trinajstić information content (AvgIpc) is 3.04. The topological polar surface area (TPSA) is 54.2 Å². The third-order valence-electron chi connectivity index (χ3n) is 4.30. The first-order valence-electron chi connectivity index (χ1n) is 7.99. The van der Waals surface area contributed by atoms with Gasteiger partial charge in [-0.25, -0.2) is 0 Å². The zero-order chi connectivity index (χ0) is 15.6. The monoisotopic (exact) mass is 419 g/mol. The minimum atomic E-state index is 0. The maximum atomic E-state index is 4.54. The highest BCUT2D eigenvalue weighted by Gasteiger charge is 2.33. The highest BCUT2D eigenvalue weighted by atomic mass is 127. The molecule has 3 unspecified atom stereocenters. The molecule has 1 aromatic heterocycles. The van der Waals surface area contributed by atoms with Crippen LogP contribution in [0.2, 0.25) is 0 Å². The summed E-state index contributed by atoms with van der Waals surface area (Å²) < 4.78 is 1.96. The second-order valence-electron chi connectivity index (χ2n) is 6.31. The molecule has 1 fully saturated rings. The van der Waals surface area contributed by atoms with E-state index >= 15 is 0 Å². The van der Waals surface area contributed by atoms with Crippen LogP contribution in [0.4, 0.5) is 0 Å². The lowest BCUT2D eigenvalue weighted by Crippen LogP contribution is -2.44. The minimum absolute atomic E-state index is 0. The number of aliphatic imine (C=N–C) groups is 1. The zero-order valence-corrected chi connectivity index (χ0v) is 16.9. The quantitative estimate of drug-likeness (QED) is 0.438. The van der Waals surface area contributed by atoms with Gasteiger partial charge in [0.15, 0.2) is 5.96 Å². The fourth-order valence-electron chi connectivity index (χ4n) is 2.69. The molecule has 0 aromatic carbocycles. The zero-order valence-electron chi connectivity index (χ0n) is 14.6. The molecule has 1 aliphatic rings. The van der Waals surface area contributed by atoms with E-state index in [2.05, 4.69) is 55.3 Å². The number of rotatable bonds is 5. The Hall–Kier alpha value is -0.790. The van der Waals surface area contributed by atoms with E-state index < -0.39 is 0 Å². The SMILES string of the molecule is CCN=C(NC(C)Cc1c(C)nn(C)c1C)NC1CC1C.I. The van der Waals surface area contributed by atoms with Crippen molar-refractivity contribution in [3.63, 3.8) is 0 Å². The van der Waals surface area contributed by atoms with Gasteiger partial charge in [-0.15, -0.1) is 24.0 Å². The molecule has 1 aliphatic carbocycles. The second-order valence-corrected chi connectivity index (χ2v) is 6.31. The number of nitrogens with zero attached hydrogens (tertiary/aromatic N) is 3. The molecule has 22 heavy (non-hydrogen) atoms. The fraction of sp³-hybridized carbons (Fsp3) is 0.750. The van der Waals surface area contributed by atoms with Gasteiger partial charge in [0.2, 0.25) is 0 Å². The number of hydrogen-bond donors (Lipinski definition) is 2. The molecule has 6 heteroatoms. The molecule has 0 radical (unpaired) electrons. The van der Waals surface area contributed by atoms with E-state index in [1.54, 1.807) is 0 Å². The summed E-state index contributed by atoms with van der Waals surface area (Å²) in [5, 5.41) is 11.5. The highest BCUT2D eigenvalue weighted by Crippen LogP contribution is 2.28. The highest BCUT2D eigenvalue weighted by molar-refractivity contribution is 14.0. The largest absolute Gasteiger partial charge is 0.354 e. The average molecular weight is 419 g/mol. The Bertz CT molecular complexity index is 523. The normalized spacial score (nSPS) is 22.0. The molecule has 2 rings (SSSR count). The van der Waals surface area contributed by atoms with Crippen LogP contribution in [0.25, 0.3) is 0 Å². The van der Waals surface area contributed by atoms with E-state index in [-0.39, 0.29) is 24.0 Å². The van der Waals surface area contributed by atoms with E-state index in [0.29, 0.717) is 12.1 Å². The van der Waals surface area contributed by atoms with Crippen molar-refractivity contribution >= 4 is 29.9 Å². The fourth-order valence-corrected chi connectivity index (χ4v) is 2.69. The van der Waals surface area contributed by atoms with Crippen LogP contribution in [0.3, 0.4) is 0 Å². The molecule has 1 saturated carbocycles. The summed E-state index contributed by atoms with van der Waals surface area (Å²) in [6.45, 7) is 11.6. The summed E-state index contributed by atoms with van der Waals surface area (Å²) in [5.41, 5.74) is 3.72. The third kappa shape index (κ3) is 4.86. The van der Waals surface area contributed by atoms with Crippen molar-refractivity contribution in [2.24, 2.45) is 18.0 Å². The second kappa shape index (κ2) is 8.17. The number of halogens is 1. The van der Waals surface area contributed by atoms with Crippen LogP contribution < -0.4 is 10.6 Å². The van der Waals surface area contributed by atoms with Crippen molar-refractivity contribution in [1.29, 1.82) is 0 Å². The Morgan fingerprint density at radius 2 is 2.09 bits per heavy atom. The Labute approximate surface area is 151 Å². The Morgan fingerprint density at radius 1 is 1.45 bits per heavy atom. The molecule has 0 saturated heterocycles. The summed E-state index contributed by atoms with van der Waals surface area (Å²) in [4.78, 5) is 4.54. The number of nitrogens with one attached hydrogen (secondary N) is 2. The number of aromatic nitrogens is 2. The van der Waals surface area contributed by atoms with E-state index in [0.717, 1.165) is 30.5 Å². The Balaban J connectivity index is 0.00000242. The van der Waals surface area contributed by atoms with Gasteiger partial charge < -0.3 is 10.6 Å². The van der Waals surface area contributed by atoms with Gasteiger partial charge in [-0.2, -0.15) is 5.10 Å². The molecule has 5 nitrogen and oxygen atoms in total. The number of guanidine groups is 1. The maximum absolute atomic E-state index is 4.54. The van der Waals surface area contributed by atoms with Crippen molar-refractivity contribution in [2.45, 2.75) is 59.5 Å². The van der Waals surface area contributed by atoms with E-state index in [1.165, 1.54) is 17.7 Å². The Kier molecular flexibility index (Phi) is 7.15. The Morgan fingerprint density at radius 3 is 2.55 bits per heavy atom. The van der Waals surface area contributed by atoms with Gasteiger partial charge >= 0.3 is 0 Å². The van der Waals surface area contributed by atoms with Crippen LogP contribution in [0.5, 0.6) is 0 Å². The first-order chi connectivity index (χ1) is 9.92. The van der Waals surface area contributed by atoms with Gasteiger partial charge in [0.25, 0.3) is 0 Å². The van der Waals surface area contributed by atoms with Gasteiger partial charge in [0.1, 0.15) is 0 Å². The van der Waals surface area contributed by atoms with Crippen LogP contribution in [0.1, 0.15) is 44.1 Å². The van der Waals surface area contributed by atoms with Crippen molar-refractivity contribution in [3.05, 3.63) is 17.0 Å². The number of aryl methyl sites for hydroxylation is 2. The van der Waals surface area contributed by atoms with Crippen LogP contribution >= 0.6 is 24.0 Å². The summed E-state index contributed by atoms with van der Waals surface area (Å²) in [6.07, 6.45) is 2.22. The van der Waals surface area contributed by atoms with Crippen LogP contribution in [0, 0.1) is 19.8 Å². The van der Waals surface area contributed by atoms with Crippen LogP contribution in [-0.2, 0) is 13.5 Å².